The number of benzene rings is 2. The molecule has 0 saturated carbocycles. The highest BCUT2D eigenvalue weighted by molar-refractivity contribution is 9.10. The smallest absolute Gasteiger partial charge is 0.237 e. The first-order valence-electron chi connectivity index (χ1n) is 5.84. The van der Waals surface area contributed by atoms with Gasteiger partial charge in [-0.05, 0) is 35.9 Å². The highest BCUT2D eigenvalue weighted by Gasteiger charge is 2.14. The van der Waals surface area contributed by atoms with Gasteiger partial charge in [-0.25, -0.2) is 12.8 Å². The molecule has 0 saturated heterocycles. The zero-order chi connectivity index (χ0) is 15.5. The van der Waals surface area contributed by atoms with Gasteiger partial charge in [0.15, 0.2) is 0 Å². The lowest BCUT2D eigenvalue weighted by atomic mass is 10.2. The number of nitrogens with one attached hydrogen (secondary N) is 1. The zero-order valence-electron chi connectivity index (χ0n) is 10.7. The van der Waals surface area contributed by atoms with Crippen molar-refractivity contribution in [3.63, 3.8) is 0 Å². The summed E-state index contributed by atoms with van der Waals surface area (Å²) in [5.41, 5.74) is 0.855. The number of hydrogen-bond acceptors (Lipinski definition) is 3. The molecule has 2 aromatic carbocycles. The molecule has 0 spiro atoms. The third-order valence-corrected chi connectivity index (χ3v) is 4.37. The molecule has 21 heavy (non-hydrogen) atoms. The maximum absolute atomic E-state index is 13.6. The SMILES string of the molecule is N#Cc1ccc(CS(=O)(=O)Nc2ccc(Br)cc2F)cc1. The first kappa shape index (κ1) is 15.5. The van der Waals surface area contributed by atoms with Gasteiger partial charge >= 0.3 is 0 Å². The highest BCUT2D eigenvalue weighted by atomic mass is 79.9. The number of hydrogen-bond donors (Lipinski definition) is 1. The number of anilines is 1. The van der Waals surface area contributed by atoms with Gasteiger partial charge in [0.25, 0.3) is 0 Å². The fourth-order valence-corrected chi connectivity index (χ4v) is 3.21. The highest BCUT2D eigenvalue weighted by Crippen LogP contribution is 2.21. The molecule has 2 aromatic rings. The molecule has 0 amide bonds. The number of nitrogens with zero attached hydrogens (tertiary/aromatic N) is 1. The van der Waals surface area contributed by atoms with Crippen LogP contribution in [0.25, 0.3) is 0 Å². The summed E-state index contributed by atoms with van der Waals surface area (Å²) >= 11 is 3.10. The molecule has 7 heteroatoms. The number of halogens is 2. The minimum Gasteiger partial charge on any atom is -0.280 e. The Balaban J connectivity index is 2.16. The van der Waals surface area contributed by atoms with E-state index in [0.29, 0.717) is 15.6 Å². The molecule has 4 nitrogen and oxygen atoms in total. The van der Waals surface area contributed by atoms with Crippen molar-refractivity contribution in [1.82, 2.24) is 0 Å². The van der Waals surface area contributed by atoms with E-state index < -0.39 is 15.8 Å². The van der Waals surface area contributed by atoms with Gasteiger partial charge in [0.1, 0.15) is 5.82 Å². The van der Waals surface area contributed by atoms with Crippen LogP contribution in [0.3, 0.4) is 0 Å². The molecular formula is C14H10BrFN2O2S. The fraction of sp³-hybridized carbons (Fsp3) is 0.0714. The predicted octanol–water partition coefficient (Wildman–Crippen LogP) is 3.40. The van der Waals surface area contributed by atoms with E-state index in [2.05, 4.69) is 20.7 Å². The van der Waals surface area contributed by atoms with Gasteiger partial charge < -0.3 is 0 Å². The van der Waals surface area contributed by atoms with Crippen molar-refractivity contribution >= 4 is 31.6 Å². The summed E-state index contributed by atoms with van der Waals surface area (Å²) in [6, 6.07) is 12.2. The molecule has 0 aliphatic rings. The maximum Gasteiger partial charge on any atom is 0.237 e. The zero-order valence-corrected chi connectivity index (χ0v) is 13.1. The average molecular weight is 369 g/mol. The summed E-state index contributed by atoms with van der Waals surface area (Å²) in [6.07, 6.45) is 0. The third kappa shape index (κ3) is 4.28. The lowest BCUT2D eigenvalue weighted by molar-refractivity contribution is 0.597. The van der Waals surface area contributed by atoms with Crippen molar-refractivity contribution in [1.29, 1.82) is 5.26 Å². The van der Waals surface area contributed by atoms with Crippen molar-refractivity contribution in [3.05, 3.63) is 63.9 Å². The van der Waals surface area contributed by atoms with Crippen molar-refractivity contribution < 1.29 is 12.8 Å². The molecule has 0 atom stereocenters. The van der Waals surface area contributed by atoms with Crippen LogP contribution >= 0.6 is 15.9 Å². The Morgan fingerprint density at radius 3 is 2.43 bits per heavy atom. The Labute approximate surface area is 130 Å². The molecule has 0 unspecified atom stereocenters. The molecule has 0 radical (unpaired) electrons. The molecular weight excluding hydrogens is 359 g/mol. The van der Waals surface area contributed by atoms with E-state index >= 15 is 0 Å². The predicted molar refractivity (Wildman–Crippen MR) is 81.5 cm³/mol. The van der Waals surface area contributed by atoms with Gasteiger partial charge in [-0.2, -0.15) is 5.26 Å². The number of rotatable bonds is 4. The summed E-state index contributed by atoms with van der Waals surface area (Å²) in [6.45, 7) is 0. The van der Waals surface area contributed by atoms with Crippen LogP contribution in [-0.4, -0.2) is 8.42 Å². The quantitative estimate of drug-likeness (QED) is 0.898. The third-order valence-electron chi connectivity index (χ3n) is 2.64. The minimum absolute atomic E-state index is 0.105. The van der Waals surface area contributed by atoms with Crippen LogP contribution in [0.2, 0.25) is 0 Å². The van der Waals surface area contributed by atoms with Gasteiger partial charge in [-0.1, -0.05) is 28.1 Å². The van der Waals surface area contributed by atoms with Crippen LogP contribution in [0.1, 0.15) is 11.1 Å². The van der Waals surface area contributed by atoms with Crippen LogP contribution in [0.4, 0.5) is 10.1 Å². The average Bonchev–Trinajstić information content (AvgIpc) is 2.42. The monoisotopic (exact) mass is 368 g/mol. The molecule has 0 aliphatic carbocycles. The summed E-state index contributed by atoms with van der Waals surface area (Å²) in [5, 5.41) is 8.68. The fourth-order valence-electron chi connectivity index (χ4n) is 1.67. The first-order valence-corrected chi connectivity index (χ1v) is 8.29. The summed E-state index contributed by atoms with van der Waals surface area (Å²) in [5.74, 6) is -0.957. The van der Waals surface area contributed by atoms with E-state index in [0.717, 1.165) is 0 Å². The van der Waals surface area contributed by atoms with E-state index in [-0.39, 0.29) is 11.4 Å². The molecule has 1 N–H and O–H groups in total. The van der Waals surface area contributed by atoms with Crippen LogP contribution < -0.4 is 4.72 Å². The van der Waals surface area contributed by atoms with Gasteiger partial charge in [0.05, 0.1) is 23.1 Å². The largest absolute Gasteiger partial charge is 0.280 e. The van der Waals surface area contributed by atoms with Gasteiger partial charge in [-0.15, -0.1) is 0 Å². The summed E-state index contributed by atoms with van der Waals surface area (Å²) in [7, 11) is -3.73. The molecule has 0 fully saturated rings. The van der Waals surface area contributed by atoms with E-state index in [1.807, 2.05) is 6.07 Å². The first-order chi connectivity index (χ1) is 9.89. The molecule has 0 heterocycles. The van der Waals surface area contributed by atoms with Crippen molar-refractivity contribution in [3.8, 4) is 6.07 Å². The van der Waals surface area contributed by atoms with Crippen molar-refractivity contribution in [2.75, 3.05) is 4.72 Å². The standard InChI is InChI=1S/C14H10BrFN2O2S/c15-12-5-6-14(13(16)7-12)18-21(19,20)9-11-3-1-10(8-17)2-4-11/h1-7,18H,9H2. The Morgan fingerprint density at radius 1 is 1.19 bits per heavy atom. The van der Waals surface area contributed by atoms with Crippen LogP contribution in [-0.2, 0) is 15.8 Å². The molecule has 0 aromatic heterocycles. The summed E-state index contributed by atoms with van der Waals surface area (Å²) < 4.78 is 40.4. The van der Waals surface area contributed by atoms with Crippen LogP contribution in [0, 0.1) is 17.1 Å². The second-order valence-electron chi connectivity index (χ2n) is 4.29. The summed E-state index contributed by atoms with van der Waals surface area (Å²) in [4.78, 5) is 0. The second-order valence-corrected chi connectivity index (χ2v) is 6.93. The molecule has 0 bridgehead atoms. The van der Waals surface area contributed by atoms with E-state index in [1.54, 1.807) is 18.2 Å². The Kier molecular flexibility index (Phi) is 4.60. The van der Waals surface area contributed by atoms with E-state index in [9.17, 15) is 12.8 Å². The minimum atomic E-state index is -3.73. The van der Waals surface area contributed by atoms with Gasteiger partial charge in [0, 0.05) is 4.47 Å². The number of sulfonamides is 1. The Morgan fingerprint density at radius 2 is 1.86 bits per heavy atom. The van der Waals surface area contributed by atoms with Gasteiger partial charge in [-0.3, -0.25) is 4.72 Å². The maximum atomic E-state index is 13.6. The normalized spacial score (nSPS) is 10.9. The lowest BCUT2D eigenvalue weighted by Gasteiger charge is -2.09. The number of nitriles is 1. The van der Waals surface area contributed by atoms with E-state index in [1.165, 1.54) is 24.3 Å². The lowest BCUT2D eigenvalue weighted by Crippen LogP contribution is -2.16. The Hall–Kier alpha value is -1.91. The molecule has 108 valence electrons. The topological polar surface area (TPSA) is 70.0 Å². The molecule has 2 rings (SSSR count). The van der Waals surface area contributed by atoms with Crippen LogP contribution in [0.15, 0.2) is 46.9 Å². The van der Waals surface area contributed by atoms with Gasteiger partial charge in [0.2, 0.25) is 10.0 Å². The van der Waals surface area contributed by atoms with Crippen LogP contribution in [0.5, 0.6) is 0 Å². The second kappa shape index (κ2) is 6.24. The van der Waals surface area contributed by atoms with Crippen molar-refractivity contribution in [2.24, 2.45) is 0 Å². The molecule has 0 aliphatic heterocycles. The van der Waals surface area contributed by atoms with Crippen molar-refractivity contribution in [2.45, 2.75) is 5.75 Å². The Bertz CT molecular complexity index is 799. The van der Waals surface area contributed by atoms with E-state index in [4.69, 9.17) is 5.26 Å².